The normalized spacial score (nSPS) is 16.7. The van der Waals surface area contributed by atoms with E-state index in [9.17, 15) is 14.4 Å². The Morgan fingerprint density at radius 2 is 1.95 bits per heavy atom. The number of benzene rings is 1. The Morgan fingerprint density at radius 3 is 2.62 bits per heavy atom. The van der Waals surface area contributed by atoms with Crippen molar-refractivity contribution in [3.63, 3.8) is 0 Å². The summed E-state index contributed by atoms with van der Waals surface area (Å²) >= 11 is 7.23. The highest BCUT2D eigenvalue weighted by atomic mass is 35.5. The van der Waals surface area contributed by atoms with Crippen LogP contribution in [0, 0.1) is 12.8 Å². The van der Waals surface area contributed by atoms with Crippen LogP contribution < -0.4 is 0 Å². The molecule has 1 fully saturated rings. The van der Waals surface area contributed by atoms with Gasteiger partial charge < -0.3 is 0 Å². The highest BCUT2D eigenvalue weighted by Gasteiger charge is 2.37. The molecule has 0 amide bonds. The van der Waals surface area contributed by atoms with E-state index >= 15 is 0 Å². The summed E-state index contributed by atoms with van der Waals surface area (Å²) in [5.74, 6) is -2.09. The van der Waals surface area contributed by atoms with Crippen molar-refractivity contribution >= 4 is 50.5 Å². The van der Waals surface area contributed by atoms with Crippen molar-refractivity contribution in [2.45, 2.75) is 26.2 Å². The molecule has 1 saturated carbocycles. The Kier molecular flexibility index (Phi) is 3.63. The van der Waals surface area contributed by atoms with Gasteiger partial charge in [-0.05, 0) is 31.0 Å². The summed E-state index contributed by atoms with van der Waals surface area (Å²) in [7, 11) is 0. The molecule has 1 aliphatic carbocycles. The Balaban J connectivity index is 2.07. The number of carbonyl (C=O) groups is 3. The molecule has 108 valence electrons. The number of thiazole rings is 1. The summed E-state index contributed by atoms with van der Waals surface area (Å²) < 4.78 is 1.29. The van der Waals surface area contributed by atoms with Gasteiger partial charge in [-0.2, -0.15) is 0 Å². The lowest BCUT2D eigenvalue weighted by Gasteiger charge is -2.19. The third-order valence-corrected chi connectivity index (χ3v) is 4.93. The first-order valence-electron chi connectivity index (χ1n) is 6.64. The summed E-state index contributed by atoms with van der Waals surface area (Å²) in [5, 5.41) is 0. The summed E-state index contributed by atoms with van der Waals surface area (Å²) in [6.07, 6.45) is 1.14. The van der Waals surface area contributed by atoms with Crippen molar-refractivity contribution < 1.29 is 14.4 Å². The first-order valence-corrected chi connectivity index (χ1v) is 7.84. The van der Waals surface area contributed by atoms with Gasteiger partial charge in [-0.1, -0.05) is 11.6 Å². The Hall–Kier alpha value is -1.59. The fraction of sp³-hybridized carbons (Fsp3) is 0.333. The summed E-state index contributed by atoms with van der Waals surface area (Å²) in [6.45, 7) is 1.77. The van der Waals surface area contributed by atoms with Crippen molar-refractivity contribution in [3.05, 3.63) is 27.7 Å². The molecule has 0 bridgehead atoms. The fourth-order valence-corrected chi connectivity index (χ4v) is 3.80. The van der Waals surface area contributed by atoms with Crippen LogP contribution in [-0.4, -0.2) is 22.3 Å². The molecule has 2 aromatic rings. The highest BCUT2D eigenvalue weighted by molar-refractivity contribution is 7.22. The van der Waals surface area contributed by atoms with Crippen LogP contribution >= 0.6 is 22.9 Å². The second-order valence-electron chi connectivity index (χ2n) is 5.14. The van der Waals surface area contributed by atoms with Crippen LogP contribution in [0.25, 0.3) is 10.2 Å². The quantitative estimate of drug-likeness (QED) is 0.628. The molecular weight excluding hydrogens is 310 g/mol. The van der Waals surface area contributed by atoms with Gasteiger partial charge in [-0.3, -0.25) is 14.4 Å². The first kappa shape index (κ1) is 14.4. The maximum Gasteiger partial charge on any atom is 0.184 e. The number of nitrogens with zero attached hydrogens (tertiary/aromatic N) is 1. The van der Waals surface area contributed by atoms with E-state index in [1.807, 2.05) is 0 Å². The molecule has 0 N–H and O–H groups in total. The Labute approximate surface area is 130 Å². The summed E-state index contributed by atoms with van der Waals surface area (Å²) in [5.41, 5.74) is 1.72. The molecule has 1 aromatic carbocycles. The number of carbonyl (C=O) groups excluding carboxylic acids is 3. The second kappa shape index (κ2) is 5.31. The minimum Gasteiger partial charge on any atom is -0.298 e. The maximum absolute atomic E-state index is 12.6. The summed E-state index contributed by atoms with van der Waals surface area (Å²) in [6, 6.07) is 3.42. The van der Waals surface area contributed by atoms with Gasteiger partial charge in [0.2, 0.25) is 0 Å². The van der Waals surface area contributed by atoms with E-state index in [1.165, 1.54) is 11.3 Å². The number of fused-ring (bicyclic) bond motifs is 1. The molecule has 6 heteroatoms. The van der Waals surface area contributed by atoms with Gasteiger partial charge in [0.05, 0.1) is 10.2 Å². The number of ketones is 3. The largest absolute Gasteiger partial charge is 0.298 e. The van der Waals surface area contributed by atoms with Crippen LogP contribution in [0.15, 0.2) is 12.1 Å². The molecule has 0 atom stereocenters. The maximum atomic E-state index is 12.6. The molecular formula is C15H12ClNO3S. The van der Waals surface area contributed by atoms with Crippen molar-refractivity contribution in [1.29, 1.82) is 0 Å². The van der Waals surface area contributed by atoms with Gasteiger partial charge in [0, 0.05) is 18.4 Å². The van der Waals surface area contributed by atoms with Crippen LogP contribution in [0.5, 0.6) is 0 Å². The fourth-order valence-electron chi connectivity index (χ4n) is 2.72. The third-order valence-electron chi connectivity index (χ3n) is 3.81. The average Bonchev–Trinajstić information content (AvgIpc) is 2.80. The average molecular weight is 322 g/mol. The Bertz CT molecular complexity index is 765. The smallest absolute Gasteiger partial charge is 0.184 e. The van der Waals surface area contributed by atoms with E-state index in [2.05, 4.69) is 4.98 Å². The number of rotatable bonds is 2. The number of Topliss-reactive ketones (excluding diaryl/α,β-unsaturated/α-hetero) is 3. The van der Waals surface area contributed by atoms with E-state index in [1.54, 1.807) is 19.1 Å². The standard InChI is InChI=1S/C15H12ClNO3S/c1-7-8(5-6-11-13(7)17-15(16)21-11)14(20)12-9(18)3-2-4-10(12)19/h5-6,12H,2-4H2,1H3. The highest BCUT2D eigenvalue weighted by Crippen LogP contribution is 2.31. The molecule has 0 aliphatic heterocycles. The lowest BCUT2D eigenvalue weighted by atomic mass is 9.81. The monoisotopic (exact) mass is 321 g/mol. The molecule has 1 aliphatic rings. The topological polar surface area (TPSA) is 64.1 Å². The minimum absolute atomic E-state index is 0.271. The van der Waals surface area contributed by atoms with Crippen LogP contribution in [-0.2, 0) is 9.59 Å². The SMILES string of the molecule is Cc1c(C(=O)C2C(=O)CCCC2=O)ccc2sc(Cl)nc12. The predicted octanol–water partition coefficient (Wildman–Crippen LogP) is 3.38. The molecule has 21 heavy (non-hydrogen) atoms. The van der Waals surface area contributed by atoms with E-state index in [4.69, 9.17) is 11.6 Å². The number of aromatic nitrogens is 1. The number of hydrogen-bond acceptors (Lipinski definition) is 5. The molecule has 3 rings (SSSR count). The zero-order valence-corrected chi connectivity index (χ0v) is 12.9. The molecule has 0 saturated heterocycles. The molecule has 1 heterocycles. The second-order valence-corrected chi connectivity index (χ2v) is 6.75. The van der Waals surface area contributed by atoms with Crippen LogP contribution in [0.3, 0.4) is 0 Å². The van der Waals surface area contributed by atoms with Gasteiger partial charge in [-0.15, -0.1) is 11.3 Å². The van der Waals surface area contributed by atoms with Crippen molar-refractivity contribution in [1.82, 2.24) is 4.98 Å². The van der Waals surface area contributed by atoms with Gasteiger partial charge in [0.1, 0.15) is 5.92 Å². The van der Waals surface area contributed by atoms with E-state index in [0.717, 1.165) is 4.70 Å². The molecule has 4 nitrogen and oxygen atoms in total. The number of halogens is 1. The molecule has 0 unspecified atom stereocenters. The zero-order valence-electron chi connectivity index (χ0n) is 11.3. The zero-order chi connectivity index (χ0) is 15.1. The van der Waals surface area contributed by atoms with E-state index in [0.29, 0.717) is 40.4 Å². The minimum atomic E-state index is -1.14. The van der Waals surface area contributed by atoms with E-state index in [-0.39, 0.29) is 11.6 Å². The van der Waals surface area contributed by atoms with Crippen LogP contribution in [0.4, 0.5) is 0 Å². The van der Waals surface area contributed by atoms with Gasteiger partial charge in [0.15, 0.2) is 21.8 Å². The number of hydrogen-bond donors (Lipinski definition) is 0. The van der Waals surface area contributed by atoms with E-state index < -0.39 is 11.7 Å². The first-order chi connectivity index (χ1) is 9.99. The predicted molar refractivity (Wildman–Crippen MR) is 81.1 cm³/mol. The summed E-state index contributed by atoms with van der Waals surface area (Å²) in [4.78, 5) is 40.6. The lowest BCUT2D eigenvalue weighted by Crippen LogP contribution is -2.35. The van der Waals surface area contributed by atoms with Gasteiger partial charge >= 0.3 is 0 Å². The number of aryl methyl sites for hydroxylation is 1. The lowest BCUT2D eigenvalue weighted by molar-refractivity contribution is -0.133. The van der Waals surface area contributed by atoms with Crippen molar-refractivity contribution in [2.75, 3.05) is 0 Å². The van der Waals surface area contributed by atoms with Crippen LogP contribution in [0.1, 0.15) is 35.2 Å². The molecule has 0 spiro atoms. The van der Waals surface area contributed by atoms with Gasteiger partial charge in [0.25, 0.3) is 0 Å². The molecule has 1 aromatic heterocycles. The van der Waals surface area contributed by atoms with Gasteiger partial charge in [-0.25, -0.2) is 4.98 Å². The van der Waals surface area contributed by atoms with Crippen molar-refractivity contribution in [3.8, 4) is 0 Å². The van der Waals surface area contributed by atoms with Crippen molar-refractivity contribution in [2.24, 2.45) is 5.92 Å². The molecule has 0 radical (unpaired) electrons. The Morgan fingerprint density at radius 1 is 1.29 bits per heavy atom. The third kappa shape index (κ3) is 2.40. The van der Waals surface area contributed by atoms with Crippen LogP contribution in [0.2, 0.25) is 4.47 Å².